The van der Waals surface area contributed by atoms with Crippen molar-refractivity contribution in [2.24, 2.45) is 0 Å². The summed E-state index contributed by atoms with van der Waals surface area (Å²) in [5.74, 6) is 0. The Morgan fingerprint density at radius 1 is 1.33 bits per heavy atom. The second kappa shape index (κ2) is 4.39. The van der Waals surface area contributed by atoms with Crippen molar-refractivity contribution >= 4 is 8.32 Å². The maximum absolute atomic E-state index is 5.68. The van der Waals surface area contributed by atoms with Crippen LogP contribution in [0.15, 0.2) is 0 Å². The van der Waals surface area contributed by atoms with Gasteiger partial charge in [0.2, 0.25) is 8.32 Å². The molecule has 0 fully saturated rings. The van der Waals surface area contributed by atoms with Gasteiger partial charge in [0.25, 0.3) is 0 Å². The predicted octanol–water partition coefficient (Wildman–Crippen LogP) is 2.74. The van der Waals surface area contributed by atoms with E-state index in [0.717, 1.165) is 13.0 Å². The minimum atomic E-state index is -1.58. The van der Waals surface area contributed by atoms with Gasteiger partial charge in [0, 0.05) is 6.54 Å². The molecule has 73 valence electrons. The number of hydrogen-bond acceptors (Lipinski definition) is 2. The van der Waals surface area contributed by atoms with E-state index in [2.05, 4.69) is 46.3 Å². The Kier molecular flexibility index (Phi) is 4.44. The van der Waals surface area contributed by atoms with Gasteiger partial charge in [-0.3, -0.25) is 0 Å². The molecule has 2 nitrogen and oxygen atoms in total. The van der Waals surface area contributed by atoms with Crippen molar-refractivity contribution in [2.75, 3.05) is 6.54 Å². The highest BCUT2D eigenvalue weighted by Gasteiger charge is 2.37. The first-order valence-corrected chi connectivity index (χ1v) is 7.42. The average Bonchev–Trinajstić information content (AvgIpc) is 1.85. The van der Waals surface area contributed by atoms with Crippen LogP contribution in [0, 0.1) is 6.92 Å². The summed E-state index contributed by atoms with van der Waals surface area (Å²) < 4.78 is 5.68. The third-order valence-corrected chi connectivity index (χ3v) is 6.68. The molecule has 0 aliphatic rings. The first kappa shape index (κ1) is 12.1. The standard InChI is InChI=1S/C9H22NOSi/c1-7-8-10-11-12(5,6)9(2,3)4/h10H,1,7-8H2,2-6H3. The van der Waals surface area contributed by atoms with Gasteiger partial charge in [0.15, 0.2) is 0 Å². The van der Waals surface area contributed by atoms with Crippen LogP contribution in [0.1, 0.15) is 27.2 Å². The van der Waals surface area contributed by atoms with E-state index >= 15 is 0 Å². The summed E-state index contributed by atoms with van der Waals surface area (Å²) in [6.45, 7) is 15.7. The summed E-state index contributed by atoms with van der Waals surface area (Å²) in [7, 11) is -1.58. The van der Waals surface area contributed by atoms with Crippen LogP contribution in [0.3, 0.4) is 0 Å². The first-order chi connectivity index (χ1) is 5.31. The fraction of sp³-hybridized carbons (Fsp3) is 0.889. The molecular weight excluding hydrogens is 166 g/mol. The molecule has 0 rings (SSSR count). The summed E-state index contributed by atoms with van der Waals surface area (Å²) in [5, 5.41) is 0.279. The van der Waals surface area contributed by atoms with E-state index in [1.54, 1.807) is 0 Å². The first-order valence-electron chi connectivity index (χ1n) is 4.51. The molecule has 12 heavy (non-hydrogen) atoms. The second-order valence-corrected chi connectivity index (χ2v) is 9.34. The van der Waals surface area contributed by atoms with Gasteiger partial charge in [0.1, 0.15) is 0 Å². The van der Waals surface area contributed by atoms with Crippen LogP contribution in [0.4, 0.5) is 0 Å². The lowest BCUT2D eigenvalue weighted by atomic mass is 10.2. The number of rotatable bonds is 4. The fourth-order valence-electron chi connectivity index (χ4n) is 0.457. The molecule has 0 aromatic carbocycles. The third-order valence-electron chi connectivity index (χ3n) is 2.41. The topological polar surface area (TPSA) is 21.3 Å². The van der Waals surface area contributed by atoms with Crippen molar-refractivity contribution in [1.82, 2.24) is 5.48 Å². The van der Waals surface area contributed by atoms with E-state index in [4.69, 9.17) is 4.53 Å². The highest BCUT2D eigenvalue weighted by molar-refractivity contribution is 6.74. The van der Waals surface area contributed by atoms with E-state index in [0.29, 0.717) is 0 Å². The number of nitrogens with one attached hydrogen (secondary N) is 1. The molecule has 0 bridgehead atoms. The van der Waals surface area contributed by atoms with E-state index in [1.807, 2.05) is 0 Å². The predicted molar refractivity (Wildman–Crippen MR) is 56.3 cm³/mol. The monoisotopic (exact) mass is 188 g/mol. The molecule has 0 aromatic rings. The Morgan fingerprint density at radius 3 is 2.17 bits per heavy atom. The Balaban J connectivity index is 3.88. The van der Waals surface area contributed by atoms with E-state index < -0.39 is 8.32 Å². The van der Waals surface area contributed by atoms with Gasteiger partial charge in [-0.15, -0.1) is 0 Å². The summed E-state index contributed by atoms with van der Waals surface area (Å²) in [5.41, 5.74) is 2.98. The zero-order chi connectivity index (χ0) is 9.83. The van der Waals surface area contributed by atoms with Gasteiger partial charge < -0.3 is 4.53 Å². The molecule has 0 aromatic heterocycles. The van der Waals surface area contributed by atoms with Crippen molar-refractivity contribution in [3.63, 3.8) is 0 Å². The van der Waals surface area contributed by atoms with Gasteiger partial charge in [-0.05, 0) is 24.6 Å². The van der Waals surface area contributed by atoms with Crippen molar-refractivity contribution in [3.8, 4) is 0 Å². The molecule has 0 atom stereocenters. The highest BCUT2D eigenvalue weighted by atomic mass is 28.4. The molecule has 3 heteroatoms. The van der Waals surface area contributed by atoms with Crippen LogP contribution in [0.5, 0.6) is 0 Å². The molecule has 0 unspecified atom stereocenters. The quantitative estimate of drug-likeness (QED) is 0.416. The van der Waals surface area contributed by atoms with Crippen LogP contribution in [0.2, 0.25) is 18.1 Å². The zero-order valence-corrected chi connectivity index (χ0v) is 10.0. The molecule has 0 amide bonds. The molecule has 1 radical (unpaired) electrons. The SMILES string of the molecule is [CH2]CCNO[Si](C)(C)C(C)(C)C. The highest BCUT2D eigenvalue weighted by Crippen LogP contribution is 2.35. The molecule has 0 heterocycles. The zero-order valence-electron chi connectivity index (χ0n) is 9.03. The van der Waals surface area contributed by atoms with Gasteiger partial charge in [0.05, 0.1) is 0 Å². The van der Waals surface area contributed by atoms with E-state index in [1.165, 1.54) is 0 Å². The molecule has 0 aliphatic heterocycles. The van der Waals surface area contributed by atoms with Crippen LogP contribution in [-0.4, -0.2) is 14.9 Å². The van der Waals surface area contributed by atoms with Crippen molar-refractivity contribution in [1.29, 1.82) is 0 Å². The van der Waals surface area contributed by atoms with Crippen LogP contribution < -0.4 is 5.48 Å². The maximum atomic E-state index is 5.68. The van der Waals surface area contributed by atoms with Crippen molar-refractivity contribution < 1.29 is 4.53 Å². The van der Waals surface area contributed by atoms with Gasteiger partial charge in [-0.1, -0.05) is 27.7 Å². The van der Waals surface area contributed by atoms with Crippen molar-refractivity contribution in [2.45, 2.75) is 45.3 Å². The molecule has 0 spiro atoms. The second-order valence-electron chi connectivity index (χ2n) is 4.61. The summed E-state index contributed by atoms with van der Waals surface area (Å²) >= 11 is 0. The van der Waals surface area contributed by atoms with E-state index in [9.17, 15) is 0 Å². The van der Waals surface area contributed by atoms with Gasteiger partial charge in [-0.25, -0.2) is 5.48 Å². The van der Waals surface area contributed by atoms with Crippen LogP contribution in [0.25, 0.3) is 0 Å². The van der Waals surface area contributed by atoms with Crippen LogP contribution in [-0.2, 0) is 4.53 Å². The largest absolute Gasteiger partial charge is 0.345 e. The summed E-state index contributed by atoms with van der Waals surface area (Å²) in [4.78, 5) is 0. The lowest BCUT2D eigenvalue weighted by Gasteiger charge is -2.35. The summed E-state index contributed by atoms with van der Waals surface area (Å²) in [6.07, 6.45) is 0.870. The maximum Gasteiger partial charge on any atom is 0.219 e. The molecular formula is C9H22NOSi. The lowest BCUT2D eigenvalue weighted by molar-refractivity contribution is 0.175. The van der Waals surface area contributed by atoms with Crippen molar-refractivity contribution in [3.05, 3.63) is 6.92 Å². The Morgan fingerprint density at radius 2 is 1.83 bits per heavy atom. The number of hydrogen-bond donors (Lipinski definition) is 1. The lowest BCUT2D eigenvalue weighted by Crippen LogP contribution is -2.45. The minimum Gasteiger partial charge on any atom is -0.345 e. The molecule has 0 saturated heterocycles. The normalized spacial score (nSPS) is 13.5. The third kappa shape index (κ3) is 3.69. The van der Waals surface area contributed by atoms with Crippen LogP contribution >= 0.6 is 0 Å². The average molecular weight is 188 g/mol. The number of hydroxylamine groups is 1. The minimum absolute atomic E-state index is 0.279. The van der Waals surface area contributed by atoms with Gasteiger partial charge in [-0.2, -0.15) is 0 Å². The Labute approximate surface area is 77.8 Å². The van der Waals surface area contributed by atoms with E-state index in [-0.39, 0.29) is 5.04 Å². The Hall–Kier alpha value is 0.137. The fourth-order valence-corrected chi connectivity index (χ4v) is 1.23. The molecule has 1 N–H and O–H groups in total. The Bertz CT molecular complexity index is 129. The smallest absolute Gasteiger partial charge is 0.219 e. The molecule has 0 aliphatic carbocycles. The summed E-state index contributed by atoms with van der Waals surface area (Å²) in [6, 6.07) is 0. The molecule has 0 saturated carbocycles. The van der Waals surface area contributed by atoms with Gasteiger partial charge >= 0.3 is 0 Å².